The quantitative estimate of drug-likeness (QED) is 0.645. The average molecular weight is 227 g/mol. The van der Waals surface area contributed by atoms with Crippen molar-refractivity contribution < 1.29 is 9.47 Å². The summed E-state index contributed by atoms with van der Waals surface area (Å²) < 4.78 is 12.4. The number of nitrogens with one attached hydrogen (secondary N) is 1. The summed E-state index contributed by atoms with van der Waals surface area (Å²) in [5.41, 5.74) is 0. The first-order chi connectivity index (χ1) is 7.77. The molecule has 1 heterocycles. The van der Waals surface area contributed by atoms with Gasteiger partial charge in [0.25, 0.3) is 0 Å². The van der Waals surface area contributed by atoms with E-state index in [0.717, 1.165) is 12.2 Å². The average Bonchev–Trinajstić information content (AvgIpc) is 2.68. The normalized spacial score (nSPS) is 12.9. The van der Waals surface area contributed by atoms with Crippen LogP contribution in [-0.2, 0) is 22.9 Å². The summed E-state index contributed by atoms with van der Waals surface area (Å²) in [5.74, 6) is 1.06. The third-order valence-electron chi connectivity index (χ3n) is 2.51. The van der Waals surface area contributed by atoms with Crippen molar-refractivity contribution in [1.82, 2.24) is 14.9 Å². The zero-order valence-corrected chi connectivity index (χ0v) is 10.3. The van der Waals surface area contributed by atoms with Gasteiger partial charge in [-0.05, 0) is 7.05 Å². The summed E-state index contributed by atoms with van der Waals surface area (Å²) in [4.78, 5) is 4.29. The Morgan fingerprint density at radius 1 is 1.50 bits per heavy atom. The van der Waals surface area contributed by atoms with E-state index in [4.69, 9.17) is 9.47 Å². The molecule has 0 aromatic carbocycles. The Labute approximate surface area is 96.8 Å². The minimum Gasteiger partial charge on any atom is -0.382 e. The van der Waals surface area contributed by atoms with Crippen LogP contribution >= 0.6 is 0 Å². The van der Waals surface area contributed by atoms with Crippen molar-refractivity contribution in [3.8, 4) is 0 Å². The van der Waals surface area contributed by atoms with Gasteiger partial charge in [-0.15, -0.1) is 0 Å². The molecule has 0 aliphatic carbocycles. The molecule has 5 heteroatoms. The first-order valence-corrected chi connectivity index (χ1v) is 5.48. The molecule has 92 valence electrons. The molecule has 0 radical (unpaired) electrons. The molecule has 0 aliphatic heterocycles. The number of likely N-dealkylation sites (N-methyl/N-ethyl adjacent to an activating group) is 1. The van der Waals surface area contributed by atoms with E-state index >= 15 is 0 Å². The second kappa shape index (κ2) is 7.38. The molecule has 5 nitrogen and oxygen atoms in total. The van der Waals surface area contributed by atoms with E-state index in [-0.39, 0.29) is 6.04 Å². The van der Waals surface area contributed by atoms with Crippen molar-refractivity contribution in [3.63, 3.8) is 0 Å². The monoisotopic (exact) mass is 227 g/mol. The van der Waals surface area contributed by atoms with Crippen molar-refractivity contribution in [2.45, 2.75) is 12.5 Å². The number of nitrogens with zero attached hydrogens (tertiary/aromatic N) is 2. The highest BCUT2D eigenvalue weighted by atomic mass is 16.5. The van der Waals surface area contributed by atoms with Crippen LogP contribution in [0.15, 0.2) is 12.4 Å². The fraction of sp³-hybridized carbons (Fsp3) is 0.727. The Kier molecular flexibility index (Phi) is 6.07. The Hall–Kier alpha value is -0.910. The third-order valence-corrected chi connectivity index (χ3v) is 2.51. The van der Waals surface area contributed by atoms with Crippen molar-refractivity contribution >= 4 is 0 Å². The Morgan fingerprint density at radius 2 is 2.31 bits per heavy atom. The maximum Gasteiger partial charge on any atom is 0.110 e. The molecule has 1 aromatic heterocycles. The number of aryl methyl sites for hydroxylation is 1. The highest BCUT2D eigenvalue weighted by molar-refractivity contribution is 4.94. The van der Waals surface area contributed by atoms with E-state index < -0.39 is 0 Å². The molecular formula is C11H21N3O2. The van der Waals surface area contributed by atoms with Gasteiger partial charge in [-0.25, -0.2) is 4.98 Å². The van der Waals surface area contributed by atoms with Crippen LogP contribution in [0.25, 0.3) is 0 Å². The number of methoxy groups -OCH3 is 1. The summed E-state index contributed by atoms with van der Waals surface area (Å²) in [6.07, 6.45) is 4.63. The first kappa shape index (κ1) is 13.2. The summed E-state index contributed by atoms with van der Waals surface area (Å²) in [6, 6.07) is 0.290. The van der Waals surface area contributed by atoms with E-state index in [1.165, 1.54) is 0 Å². The largest absolute Gasteiger partial charge is 0.382 e. The van der Waals surface area contributed by atoms with E-state index in [1.54, 1.807) is 7.11 Å². The Balaban J connectivity index is 2.29. The molecule has 0 saturated heterocycles. The topological polar surface area (TPSA) is 48.3 Å². The molecule has 1 aromatic rings. The van der Waals surface area contributed by atoms with Gasteiger partial charge < -0.3 is 19.4 Å². The van der Waals surface area contributed by atoms with Gasteiger partial charge in [0.05, 0.1) is 19.8 Å². The second-order valence-corrected chi connectivity index (χ2v) is 3.71. The molecule has 16 heavy (non-hydrogen) atoms. The van der Waals surface area contributed by atoms with Gasteiger partial charge in [0.2, 0.25) is 0 Å². The summed E-state index contributed by atoms with van der Waals surface area (Å²) in [6.45, 7) is 1.95. The lowest BCUT2D eigenvalue weighted by Crippen LogP contribution is -2.33. The van der Waals surface area contributed by atoms with E-state index in [1.807, 2.05) is 31.1 Å². The predicted molar refractivity (Wildman–Crippen MR) is 62.5 cm³/mol. The van der Waals surface area contributed by atoms with E-state index in [9.17, 15) is 0 Å². The smallest absolute Gasteiger partial charge is 0.110 e. The predicted octanol–water partition coefficient (Wildman–Crippen LogP) is 0.214. The van der Waals surface area contributed by atoms with Crippen molar-refractivity contribution in [2.24, 2.45) is 7.05 Å². The molecule has 0 aliphatic rings. The standard InChI is InChI=1S/C11H21N3O2/c1-12-10(9-16-7-6-15-3)8-11-13-4-5-14(11)2/h4-5,10,12H,6-9H2,1-3H3. The lowest BCUT2D eigenvalue weighted by atomic mass is 10.2. The van der Waals surface area contributed by atoms with Crippen LogP contribution < -0.4 is 5.32 Å². The maximum atomic E-state index is 5.49. The summed E-state index contributed by atoms with van der Waals surface area (Å²) in [7, 11) is 5.61. The van der Waals surface area contributed by atoms with Crippen LogP contribution in [0.5, 0.6) is 0 Å². The summed E-state index contributed by atoms with van der Waals surface area (Å²) in [5, 5.41) is 3.23. The molecule has 1 atom stereocenters. The van der Waals surface area contributed by atoms with Crippen LogP contribution in [0.2, 0.25) is 0 Å². The fourth-order valence-corrected chi connectivity index (χ4v) is 1.43. The number of aromatic nitrogens is 2. The molecule has 0 spiro atoms. The van der Waals surface area contributed by atoms with Crippen molar-refractivity contribution in [1.29, 1.82) is 0 Å². The number of rotatable bonds is 8. The Morgan fingerprint density at radius 3 is 2.88 bits per heavy atom. The third kappa shape index (κ3) is 4.30. The molecule has 1 rings (SSSR count). The van der Waals surface area contributed by atoms with Crippen LogP contribution in [0.4, 0.5) is 0 Å². The fourth-order valence-electron chi connectivity index (χ4n) is 1.43. The zero-order chi connectivity index (χ0) is 11.8. The van der Waals surface area contributed by atoms with Gasteiger partial charge in [-0.2, -0.15) is 0 Å². The van der Waals surface area contributed by atoms with E-state index in [2.05, 4.69) is 10.3 Å². The van der Waals surface area contributed by atoms with Gasteiger partial charge in [0.1, 0.15) is 5.82 Å². The highest BCUT2D eigenvalue weighted by Crippen LogP contribution is 2.00. The molecule has 0 saturated carbocycles. The van der Waals surface area contributed by atoms with Crippen molar-refractivity contribution in [2.75, 3.05) is 34.0 Å². The molecular weight excluding hydrogens is 206 g/mol. The lowest BCUT2D eigenvalue weighted by molar-refractivity contribution is 0.0594. The molecule has 1 unspecified atom stereocenters. The van der Waals surface area contributed by atoms with Gasteiger partial charge in [-0.1, -0.05) is 0 Å². The minimum absolute atomic E-state index is 0.290. The molecule has 0 bridgehead atoms. The minimum atomic E-state index is 0.290. The number of hydrogen-bond donors (Lipinski definition) is 1. The van der Waals surface area contributed by atoms with Gasteiger partial charge in [0.15, 0.2) is 0 Å². The van der Waals surface area contributed by atoms with E-state index in [0.29, 0.717) is 19.8 Å². The summed E-state index contributed by atoms with van der Waals surface area (Å²) >= 11 is 0. The van der Waals surface area contributed by atoms with Gasteiger partial charge in [-0.3, -0.25) is 0 Å². The molecule has 1 N–H and O–H groups in total. The van der Waals surface area contributed by atoms with Crippen molar-refractivity contribution in [3.05, 3.63) is 18.2 Å². The SMILES string of the molecule is CNC(COCCOC)Cc1nccn1C. The number of imidazole rings is 1. The molecule has 0 amide bonds. The van der Waals surface area contributed by atoms with Crippen LogP contribution in [0, 0.1) is 0 Å². The van der Waals surface area contributed by atoms with Crippen LogP contribution in [-0.4, -0.2) is 49.6 Å². The number of hydrogen-bond acceptors (Lipinski definition) is 4. The molecule has 0 fully saturated rings. The maximum absolute atomic E-state index is 5.49. The van der Waals surface area contributed by atoms with Gasteiger partial charge >= 0.3 is 0 Å². The van der Waals surface area contributed by atoms with Gasteiger partial charge in [0, 0.05) is 39.0 Å². The zero-order valence-electron chi connectivity index (χ0n) is 10.3. The van der Waals surface area contributed by atoms with Crippen LogP contribution in [0.3, 0.4) is 0 Å². The first-order valence-electron chi connectivity index (χ1n) is 5.48. The second-order valence-electron chi connectivity index (χ2n) is 3.71. The number of ether oxygens (including phenoxy) is 2. The van der Waals surface area contributed by atoms with Crippen LogP contribution in [0.1, 0.15) is 5.82 Å². The lowest BCUT2D eigenvalue weighted by Gasteiger charge is -2.16. The Bertz CT molecular complexity index is 289. The highest BCUT2D eigenvalue weighted by Gasteiger charge is 2.10.